The lowest BCUT2D eigenvalue weighted by atomic mass is 9.80. The Bertz CT molecular complexity index is 415. The highest BCUT2D eigenvalue weighted by atomic mass is 16.5. The predicted molar refractivity (Wildman–Crippen MR) is 123 cm³/mol. The highest BCUT2D eigenvalue weighted by Crippen LogP contribution is 2.26. The molecule has 0 aromatic carbocycles. The molecule has 0 heterocycles. The Morgan fingerprint density at radius 3 is 1.34 bits per heavy atom. The van der Waals surface area contributed by atoms with E-state index < -0.39 is 23.2 Å². The topological polar surface area (TPSA) is 69.4 Å². The second kappa shape index (κ2) is 17.8. The third-order valence-electron chi connectivity index (χ3n) is 5.63. The standard InChI is InChI=1S/C25H49NO3/c1-5-6-7-8-9-10-11-12-13-14-15-16-17-18-19-20-21-29-24(28)22(23(26)27)25(2,3)4/h22H,5-21H2,1-4H3,(H2,26,27). The van der Waals surface area contributed by atoms with Gasteiger partial charge in [-0.1, -0.05) is 124 Å². The Morgan fingerprint density at radius 1 is 0.690 bits per heavy atom. The minimum Gasteiger partial charge on any atom is -0.465 e. The van der Waals surface area contributed by atoms with Crippen molar-refractivity contribution in [2.45, 2.75) is 130 Å². The smallest absolute Gasteiger partial charge is 0.319 e. The van der Waals surface area contributed by atoms with Crippen LogP contribution in [0.4, 0.5) is 0 Å². The molecule has 0 aromatic rings. The monoisotopic (exact) mass is 411 g/mol. The second-order valence-corrected chi connectivity index (χ2v) is 9.67. The van der Waals surface area contributed by atoms with Crippen LogP contribution in [0, 0.1) is 11.3 Å². The van der Waals surface area contributed by atoms with Crippen molar-refractivity contribution in [1.29, 1.82) is 0 Å². The molecular formula is C25H49NO3. The maximum absolute atomic E-state index is 12.1. The van der Waals surface area contributed by atoms with E-state index in [2.05, 4.69) is 6.92 Å². The van der Waals surface area contributed by atoms with Crippen LogP contribution in [0.25, 0.3) is 0 Å². The molecule has 0 radical (unpaired) electrons. The number of hydrogen-bond acceptors (Lipinski definition) is 3. The first-order valence-electron chi connectivity index (χ1n) is 12.3. The molecule has 1 amide bonds. The summed E-state index contributed by atoms with van der Waals surface area (Å²) < 4.78 is 5.27. The molecule has 0 saturated carbocycles. The first kappa shape index (κ1) is 27.9. The quantitative estimate of drug-likeness (QED) is 0.142. The van der Waals surface area contributed by atoms with E-state index in [9.17, 15) is 9.59 Å². The van der Waals surface area contributed by atoms with Gasteiger partial charge < -0.3 is 10.5 Å². The van der Waals surface area contributed by atoms with Crippen LogP contribution in [0.2, 0.25) is 0 Å². The molecule has 1 atom stereocenters. The molecule has 0 spiro atoms. The number of carbonyl (C=O) groups excluding carboxylic acids is 2. The highest BCUT2D eigenvalue weighted by molar-refractivity contribution is 5.97. The first-order chi connectivity index (χ1) is 13.8. The van der Waals surface area contributed by atoms with Gasteiger partial charge in [0.1, 0.15) is 5.92 Å². The summed E-state index contributed by atoms with van der Waals surface area (Å²) in [5, 5.41) is 0. The van der Waals surface area contributed by atoms with Crippen LogP contribution < -0.4 is 5.73 Å². The number of nitrogens with two attached hydrogens (primary N) is 1. The molecule has 0 saturated heterocycles. The molecule has 2 N–H and O–H groups in total. The zero-order valence-electron chi connectivity index (χ0n) is 19.9. The van der Waals surface area contributed by atoms with Gasteiger partial charge in [0.25, 0.3) is 0 Å². The summed E-state index contributed by atoms with van der Waals surface area (Å²) >= 11 is 0. The van der Waals surface area contributed by atoms with Crippen molar-refractivity contribution in [2.75, 3.05) is 6.61 Å². The molecule has 0 aromatic heterocycles. The summed E-state index contributed by atoms with van der Waals surface area (Å²) in [5.41, 5.74) is 4.85. The van der Waals surface area contributed by atoms with Gasteiger partial charge in [-0.3, -0.25) is 9.59 Å². The molecule has 0 bridgehead atoms. The summed E-state index contributed by atoms with van der Waals surface area (Å²) in [4.78, 5) is 23.6. The Hall–Kier alpha value is -1.06. The second-order valence-electron chi connectivity index (χ2n) is 9.67. The van der Waals surface area contributed by atoms with Gasteiger partial charge in [-0.2, -0.15) is 0 Å². The fraction of sp³-hybridized carbons (Fsp3) is 0.920. The average molecular weight is 412 g/mol. The number of primary amides is 1. The molecule has 4 heteroatoms. The van der Waals surface area contributed by atoms with E-state index in [0.29, 0.717) is 6.61 Å². The lowest BCUT2D eigenvalue weighted by Crippen LogP contribution is -2.40. The van der Waals surface area contributed by atoms with E-state index in [0.717, 1.165) is 12.8 Å². The molecule has 29 heavy (non-hydrogen) atoms. The lowest BCUT2D eigenvalue weighted by molar-refractivity contribution is -0.156. The molecule has 0 aliphatic rings. The molecule has 0 aliphatic carbocycles. The largest absolute Gasteiger partial charge is 0.465 e. The van der Waals surface area contributed by atoms with E-state index in [1.165, 1.54) is 89.9 Å². The van der Waals surface area contributed by atoms with Gasteiger partial charge in [0.2, 0.25) is 5.91 Å². The van der Waals surface area contributed by atoms with Crippen molar-refractivity contribution in [3.8, 4) is 0 Å². The number of amides is 1. The lowest BCUT2D eigenvalue weighted by Gasteiger charge is -2.25. The van der Waals surface area contributed by atoms with Gasteiger partial charge in [0, 0.05) is 0 Å². The Morgan fingerprint density at radius 2 is 1.03 bits per heavy atom. The highest BCUT2D eigenvalue weighted by Gasteiger charge is 2.37. The Balaban J connectivity index is 3.41. The summed E-state index contributed by atoms with van der Waals surface area (Å²) in [6.45, 7) is 8.15. The Kier molecular flexibility index (Phi) is 17.1. The molecule has 0 rings (SSSR count). The van der Waals surface area contributed by atoms with Crippen LogP contribution in [0.15, 0.2) is 0 Å². The molecule has 172 valence electrons. The third-order valence-corrected chi connectivity index (χ3v) is 5.63. The van der Waals surface area contributed by atoms with Crippen LogP contribution in [0.3, 0.4) is 0 Å². The SMILES string of the molecule is CCCCCCCCCCCCCCCCCCOC(=O)C(C(N)=O)C(C)(C)C. The van der Waals surface area contributed by atoms with Gasteiger partial charge in [-0.05, 0) is 11.8 Å². The van der Waals surface area contributed by atoms with Crippen LogP contribution in [-0.2, 0) is 14.3 Å². The van der Waals surface area contributed by atoms with Crippen molar-refractivity contribution in [2.24, 2.45) is 17.1 Å². The molecule has 4 nitrogen and oxygen atoms in total. The van der Waals surface area contributed by atoms with Crippen LogP contribution in [0.1, 0.15) is 130 Å². The number of unbranched alkanes of at least 4 members (excludes halogenated alkanes) is 15. The summed E-state index contributed by atoms with van der Waals surface area (Å²) in [5.74, 6) is -1.95. The minimum absolute atomic E-state index is 0.386. The van der Waals surface area contributed by atoms with Gasteiger partial charge >= 0.3 is 5.97 Å². The van der Waals surface area contributed by atoms with Crippen LogP contribution in [-0.4, -0.2) is 18.5 Å². The third kappa shape index (κ3) is 16.4. The molecular weight excluding hydrogens is 362 g/mol. The normalized spacial score (nSPS) is 12.7. The fourth-order valence-corrected chi connectivity index (χ4v) is 3.80. The molecule has 0 fully saturated rings. The summed E-state index contributed by atoms with van der Waals surface area (Å²) in [6.07, 6.45) is 21.0. The Labute approximate surface area is 180 Å². The predicted octanol–water partition coefficient (Wildman–Crippen LogP) is 6.94. The van der Waals surface area contributed by atoms with Gasteiger partial charge in [0.15, 0.2) is 0 Å². The van der Waals surface area contributed by atoms with Gasteiger partial charge in [-0.15, -0.1) is 0 Å². The molecule has 1 unspecified atom stereocenters. The van der Waals surface area contributed by atoms with Crippen molar-refractivity contribution in [1.82, 2.24) is 0 Å². The van der Waals surface area contributed by atoms with Gasteiger partial charge in [-0.25, -0.2) is 0 Å². The van der Waals surface area contributed by atoms with Crippen LogP contribution in [0.5, 0.6) is 0 Å². The maximum atomic E-state index is 12.1. The number of carbonyl (C=O) groups is 2. The first-order valence-corrected chi connectivity index (χ1v) is 12.3. The zero-order valence-corrected chi connectivity index (χ0v) is 19.9. The number of ether oxygens (including phenoxy) is 1. The number of hydrogen-bond donors (Lipinski definition) is 1. The summed E-state index contributed by atoms with van der Waals surface area (Å²) in [7, 11) is 0. The average Bonchev–Trinajstić information content (AvgIpc) is 2.62. The van der Waals surface area contributed by atoms with Crippen molar-refractivity contribution >= 4 is 11.9 Å². The van der Waals surface area contributed by atoms with Gasteiger partial charge in [0.05, 0.1) is 6.61 Å². The zero-order chi connectivity index (χ0) is 22.0. The maximum Gasteiger partial charge on any atom is 0.319 e. The summed E-state index contributed by atoms with van der Waals surface area (Å²) in [6, 6.07) is 0. The van der Waals surface area contributed by atoms with Crippen LogP contribution >= 0.6 is 0 Å². The van der Waals surface area contributed by atoms with E-state index in [1.54, 1.807) is 0 Å². The van der Waals surface area contributed by atoms with Crippen molar-refractivity contribution < 1.29 is 14.3 Å². The van der Waals surface area contributed by atoms with E-state index in [4.69, 9.17) is 10.5 Å². The van der Waals surface area contributed by atoms with Crippen molar-refractivity contribution in [3.05, 3.63) is 0 Å². The molecule has 0 aliphatic heterocycles. The number of esters is 1. The van der Waals surface area contributed by atoms with E-state index in [-0.39, 0.29) is 0 Å². The number of rotatable bonds is 19. The van der Waals surface area contributed by atoms with E-state index >= 15 is 0 Å². The van der Waals surface area contributed by atoms with E-state index in [1.807, 2.05) is 20.8 Å². The van der Waals surface area contributed by atoms with Crippen molar-refractivity contribution in [3.63, 3.8) is 0 Å². The minimum atomic E-state index is -0.872. The fourth-order valence-electron chi connectivity index (χ4n) is 3.80.